The molecule has 0 saturated carbocycles. The Hall–Kier alpha value is -1.30. The van der Waals surface area contributed by atoms with E-state index in [0.717, 1.165) is 36.0 Å². The number of rotatable bonds is 6. The Kier molecular flexibility index (Phi) is 7.01. The van der Waals surface area contributed by atoms with E-state index in [1.807, 2.05) is 12.1 Å². The van der Waals surface area contributed by atoms with Gasteiger partial charge in [0.15, 0.2) is 0 Å². The van der Waals surface area contributed by atoms with Crippen LogP contribution in [0.1, 0.15) is 22.3 Å². The van der Waals surface area contributed by atoms with Crippen molar-refractivity contribution in [1.29, 1.82) is 0 Å². The third kappa shape index (κ3) is 5.59. The van der Waals surface area contributed by atoms with Crippen LogP contribution in [0, 0.1) is 13.8 Å². The number of halogens is 3. The summed E-state index contributed by atoms with van der Waals surface area (Å²) in [6, 6.07) is 18.8. The van der Waals surface area contributed by atoms with E-state index in [2.05, 4.69) is 109 Å². The van der Waals surface area contributed by atoms with Crippen molar-refractivity contribution in [3.8, 4) is 5.75 Å². The van der Waals surface area contributed by atoms with E-state index in [1.54, 1.807) is 0 Å². The van der Waals surface area contributed by atoms with Gasteiger partial charge in [-0.25, -0.2) is 0 Å². The van der Waals surface area contributed by atoms with Crippen LogP contribution in [0.4, 0.5) is 5.69 Å². The van der Waals surface area contributed by atoms with Crippen LogP contribution in [0.5, 0.6) is 5.75 Å². The zero-order chi connectivity index (χ0) is 19.4. The van der Waals surface area contributed by atoms with Crippen molar-refractivity contribution in [2.75, 3.05) is 5.32 Å². The van der Waals surface area contributed by atoms with Crippen molar-refractivity contribution in [3.63, 3.8) is 0 Å². The van der Waals surface area contributed by atoms with E-state index < -0.39 is 0 Å². The average Bonchev–Trinajstić information content (AvgIpc) is 2.61. The predicted molar refractivity (Wildman–Crippen MR) is 124 cm³/mol. The van der Waals surface area contributed by atoms with E-state index in [4.69, 9.17) is 4.74 Å². The summed E-state index contributed by atoms with van der Waals surface area (Å²) >= 11 is 10.7. The maximum atomic E-state index is 6.17. The Morgan fingerprint density at radius 2 is 1.59 bits per heavy atom. The molecule has 5 heteroatoms. The molecule has 0 unspecified atom stereocenters. The first-order valence-electron chi connectivity index (χ1n) is 8.58. The van der Waals surface area contributed by atoms with Crippen molar-refractivity contribution < 1.29 is 4.74 Å². The number of hydrogen-bond donors (Lipinski definition) is 1. The van der Waals surface area contributed by atoms with Gasteiger partial charge in [0.1, 0.15) is 12.4 Å². The van der Waals surface area contributed by atoms with Crippen LogP contribution in [0.25, 0.3) is 0 Å². The molecule has 0 aliphatic heterocycles. The zero-order valence-electron chi connectivity index (χ0n) is 15.2. The number of ether oxygens (including phenoxy) is 1. The Labute approximate surface area is 185 Å². The number of hydrogen-bond acceptors (Lipinski definition) is 2. The first-order chi connectivity index (χ1) is 12.9. The molecular formula is C22H20Br3NO. The van der Waals surface area contributed by atoms with Gasteiger partial charge in [-0.3, -0.25) is 0 Å². The third-order valence-corrected chi connectivity index (χ3v) is 5.79. The largest absolute Gasteiger partial charge is 0.487 e. The van der Waals surface area contributed by atoms with Gasteiger partial charge < -0.3 is 10.1 Å². The number of aryl methyl sites for hydroxylation is 2. The summed E-state index contributed by atoms with van der Waals surface area (Å²) in [6.45, 7) is 5.39. The first-order valence-corrected chi connectivity index (χ1v) is 11.0. The summed E-state index contributed by atoms with van der Waals surface area (Å²) < 4.78 is 9.21. The van der Waals surface area contributed by atoms with Gasteiger partial charge in [-0.2, -0.15) is 0 Å². The molecule has 0 aromatic heterocycles. The molecule has 0 bridgehead atoms. The van der Waals surface area contributed by atoms with Gasteiger partial charge in [0.2, 0.25) is 0 Å². The SMILES string of the molecule is Cc1ccc(COc2c(Br)cc(Br)cc2CNc2ccc(Br)cc2C)cc1. The van der Waals surface area contributed by atoms with Crippen LogP contribution in [0.15, 0.2) is 68.0 Å². The summed E-state index contributed by atoms with van der Waals surface area (Å²) in [5, 5.41) is 3.51. The molecule has 27 heavy (non-hydrogen) atoms. The monoisotopic (exact) mass is 551 g/mol. The zero-order valence-corrected chi connectivity index (χ0v) is 19.9. The smallest absolute Gasteiger partial charge is 0.139 e. The molecule has 0 saturated heterocycles. The fraction of sp³-hybridized carbons (Fsp3) is 0.182. The van der Waals surface area contributed by atoms with Gasteiger partial charge in [0.05, 0.1) is 4.47 Å². The molecule has 1 N–H and O–H groups in total. The molecule has 0 atom stereocenters. The summed E-state index contributed by atoms with van der Waals surface area (Å²) in [7, 11) is 0. The normalized spacial score (nSPS) is 10.7. The molecule has 3 aromatic carbocycles. The van der Waals surface area contributed by atoms with Gasteiger partial charge in [-0.05, 0) is 71.2 Å². The average molecular weight is 554 g/mol. The van der Waals surface area contributed by atoms with Crippen molar-refractivity contribution in [2.24, 2.45) is 0 Å². The highest BCUT2D eigenvalue weighted by atomic mass is 79.9. The van der Waals surface area contributed by atoms with Gasteiger partial charge in [-0.1, -0.05) is 61.7 Å². The highest BCUT2D eigenvalue weighted by Gasteiger charge is 2.11. The van der Waals surface area contributed by atoms with Crippen LogP contribution >= 0.6 is 47.8 Å². The topological polar surface area (TPSA) is 21.3 Å². The van der Waals surface area contributed by atoms with Gasteiger partial charge in [0, 0.05) is 26.7 Å². The first kappa shape index (κ1) is 20.4. The van der Waals surface area contributed by atoms with E-state index in [1.165, 1.54) is 11.1 Å². The molecule has 2 nitrogen and oxygen atoms in total. The van der Waals surface area contributed by atoms with Crippen LogP contribution in [0.3, 0.4) is 0 Å². The van der Waals surface area contributed by atoms with Crippen molar-refractivity contribution in [1.82, 2.24) is 0 Å². The van der Waals surface area contributed by atoms with Crippen molar-refractivity contribution in [2.45, 2.75) is 27.0 Å². The van der Waals surface area contributed by atoms with Gasteiger partial charge in [0.25, 0.3) is 0 Å². The quantitative estimate of drug-likeness (QED) is 0.336. The van der Waals surface area contributed by atoms with E-state index in [0.29, 0.717) is 13.2 Å². The minimum absolute atomic E-state index is 0.533. The highest BCUT2D eigenvalue weighted by Crippen LogP contribution is 2.34. The fourth-order valence-corrected chi connectivity index (χ4v) is 4.67. The van der Waals surface area contributed by atoms with Gasteiger partial charge >= 0.3 is 0 Å². The Morgan fingerprint density at radius 3 is 2.30 bits per heavy atom. The molecule has 0 heterocycles. The summed E-state index contributed by atoms with van der Waals surface area (Å²) in [4.78, 5) is 0. The second-order valence-corrected chi connectivity index (χ2v) is 9.15. The predicted octanol–water partition coefficient (Wildman–Crippen LogP) is 7.78. The number of nitrogens with one attached hydrogen (secondary N) is 1. The lowest BCUT2D eigenvalue weighted by Crippen LogP contribution is -2.05. The maximum Gasteiger partial charge on any atom is 0.139 e. The van der Waals surface area contributed by atoms with E-state index in [9.17, 15) is 0 Å². The lowest BCUT2D eigenvalue weighted by atomic mass is 10.1. The van der Waals surface area contributed by atoms with Crippen LogP contribution in [-0.2, 0) is 13.2 Å². The Morgan fingerprint density at radius 1 is 0.852 bits per heavy atom. The van der Waals surface area contributed by atoms with Crippen LogP contribution < -0.4 is 10.1 Å². The van der Waals surface area contributed by atoms with E-state index >= 15 is 0 Å². The fourth-order valence-electron chi connectivity index (χ4n) is 2.76. The molecule has 0 amide bonds. The highest BCUT2D eigenvalue weighted by molar-refractivity contribution is 9.11. The summed E-state index contributed by atoms with van der Waals surface area (Å²) in [5.74, 6) is 0.862. The molecule has 0 aliphatic rings. The van der Waals surface area contributed by atoms with Crippen LogP contribution in [-0.4, -0.2) is 0 Å². The molecular weight excluding hydrogens is 534 g/mol. The van der Waals surface area contributed by atoms with Crippen molar-refractivity contribution >= 4 is 53.5 Å². The van der Waals surface area contributed by atoms with Crippen LogP contribution in [0.2, 0.25) is 0 Å². The van der Waals surface area contributed by atoms with Crippen molar-refractivity contribution in [3.05, 3.63) is 90.3 Å². The summed E-state index contributed by atoms with van der Waals surface area (Å²) in [6.07, 6.45) is 0. The lowest BCUT2D eigenvalue weighted by Gasteiger charge is -2.16. The number of benzene rings is 3. The second-order valence-electron chi connectivity index (χ2n) is 6.46. The molecule has 3 aromatic rings. The second kappa shape index (κ2) is 9.26. The van der Waals surface area contributed by atoms with E-state index in [-0.39, 0.29) is 0 Å². The Balaban J connectivity index is 1.78. The molecule has 0 fully saturated rings. The third-order valence-electron chi connectivity index (χ3n) is 4.25. The number of anilines is 1. The minimum atomic E-state index is 0.533. The Bertz CT molecular complexity index is 939. The summed E-state index contributed by atoms with van der Waals surface area (Å²) in [5.41, 5.74) is 5.79. The maximum absolute atomic E-state index is 6.17. The standard InChI is InChI=1S/C22H20Br3NO/c1-14-3-5-16(6-4-14)13-27-22-17(10-19(24)11-20(22)25)12-26-21-8-7-18(23)9-15(21)2/h3-11,26H,12-13H2,1-2H3. The lowest BCUT2D eigenvalue weighted by molar-refractivity contribution is 0.301. The minimum Gasteiger partial charge on any atom is -0.487 e. The molecule has 140 valence electrons. The molecule has 3 rings (SSSR count). The van der Waals surface area contributed by atoms with Gasteiger partial charge in [-0.15, -0.1) is 0 Å². The molecule has 0 radical (unpaired) electrons. The molecule has 0 spiro atoms. The molecule has 0 aliphatic carbocycles.